The van der Waals surface area contributed by atoms with E-state index in [1.165, 1.54) is 0 Å². The predicted molar refractivity (Wildman–Crippen MR) is 104 cm³/mol. The van der Waals surface area contributed by atoms with E-state index in [9.17, 15) is 15.3 Å². The van der Waals surface area contributed by atoms with Gasteiger partial charge in [0.1, 0.15) is 17.2 Å². The highest BCUT2D eigenvalue weighted by molar-refractivity contribution is 5.51. The van der Waals surface area contributed by atoms with Crippen LogP contribution in [0.3, 0.4) is 0 Å². The Kier molecular flexibility index (Phi) is 4.90. The van der Waals surface area contributed by atoms with Crippen molar-refractivity contribution in [3.05, 3.63) is 87.5 Å². The standard InChI is InChI=1S/C23H24O3/c1-14-6-4-8-19(22(14)25)13-18-10-11-20(23(26)16(18)3)12-17-7-5-9-21(24)15(17)2/h4-11,24-26H,12-13H2,1-3H3. The van der Waals surface area contributed by atoms with E-state index in [0.29, 0.717) is 18.6 Å². The minimum Gasteiger partial charge on any atom is -0.508 e. The van der Waals surface area contributed by atoms with Gasteiger partial charge < -0.3 is 15.3 Å². The topological polar surface area (TPSA) is 60.7 Å². The summed E-state index contributed by atoms with van der Waals surface area (Å²) in [5.41, 5.74) is 6.15. The lowest BCUT2D eigenvalue weighted by Crippen LogP contribution is -1.98. The van der Waals surface area contributed by atoms with Crippen LogP contribution in [-0.2, 0) is 12.8 Å². The summed E-state index contributed by atoms with van der Waals surface area (Å²) in [5, 5.41) is 30.8. The van der Waals surface area contributed by atoms with E-state index < -0.39 is 0 Å². The van der Waals surface area contributed by atoms with Crippen LogP contribution in [0.25, 0.3) is 0 Å². The van der Waals surface area contributed by atoms with Crippen LogP contribution in [0.5, 0.6) is 17.2 Å². The van der Waals surface area contributed by atoms with Crippen molar-refractivity contribution in [2.24, 2.45) is 0 Å². The number of phenolic OH excluding ortho intramolecular Hbond substituents is 3. The zero-order chi connectivity index (χ0) is 18.8. The van der Waals surface area contributed by atoms with Gasteiger partial charge >= 0.3 is 0 Å². The van der Waals surface area contributed by atoms with Gasteiger partial charge in [0.05, 0.1) is 0 Å². The smallest absolute Gasteiger partial charge is 0.122 e. The Labute approximate surface area is 154 Å². The fraction of sp³-hybridized carbons (Fsp3) is 0.217. The molecule has 3 heteroatoms. The summed E-state index contributed by atoms with van der Waals surface area (Å²) >= 11 is 0. The van der Waals surface area contributed by atoms with Crippen LogP contribution in [-0.4, -0.2) is 15.3 Å². The first-order valence-electron chi connectivity index (χ1n) is 8.73. The maximum atomic E-state index is 10.7. The lowest BCUT2D eigenvalue weighted by atomic mass is 9.93. The largest absolute Gasteiger partial charge is 0.508 e. The second-order valence-corrected chi connectivity index (χ2v) is 6.85. The third-order valence-corrected chi connectivity index (χ3v) is 5.13. The van der Waals surface area contributed by atoms with Gasteiger partial charge in [-0.15, -0.1) is 0 Å². The molecular formula is C23H24O3. The number of aryl methyl sites for hydroxylation is 1. The average molecular weight is 348 g/mol. The van der Waals surface area contributed by atoms with Gasteiger partial charge in [0, 0.05) is 12.8 Å². The van der Waals surface area contributed by atoms with Crippen molar-refractivity contribution < 1.29 is 15.3 Å². The first-order chi connectivity index (χ1) is 12.4. The number of hydrogen-bond donors (Lipinski definition) is 3. The lowest BCUT2D eigenvalue weighted by molar-refractivity contribution is 0.461. The van der Waals surface area contributed by atoms with Crippen LogP contribution < -0.4 is 0 Å². The van der Waals surface area contributed by atoms with Gasteiger partial charge in [0.2, 0.25) is 0 Å². The second kappa shape index (κ2) is 7.12. The molecule has 3 nitrogen and oxygen atoms in total. The zero-order valence-corrected chi connectivity index (χ0v) is 15.4. The number of aromatic hydroxyl groups is 3. The number of rotatable bonds is 4. The Morgan fingerprint density at radius 3 is 1.85 bits per heavy atom. The molecule has 0 amide bonds. The molecule has 3 aromatic carbocycles. The van der Waals surface area contributed by atoms with Gasteiger partial charge in [-0.2, -0.15) is 0 Å². The molecule has 0 aliphatic heterocycles. The Morgan fingerprint density at radius 2 is 1.12 bits per heavy atom. The highest BCUT2D eigenvalue weighted by Crippen LogP contribution is 2.32. The third kappa shape index (κ3) is 3.38. The maximum Gasteiger partial charge on any atom is 0.122 e. The average Bonchev–Trinajstić information content (AvgIpc) is 2.62. The summed E-state index contributed by atoms with van der Waals surface area (Å²) in [7, 11) is 0. The molecule has 0 radical (unpaired) electrons. The van der Waals surface area contributed by atoms with Crippen LogP contribution in [0.1, 0.15) is 38.9 Å². The van der Waals surface area contributed by atoms with Crippen molar-refractivity contribution in [1.82, 2.24) is 0 Å². The lowest BCUT2D eigenvalue weighted by Gasteiger charge is -2.15. The molecule has 3 N–H and O–H groups in total. The van der Waals surface area contributed by atoms with E-state index in [1.807, 2.05) is 63.2 Å². The zero-order valence-electron chi connectivity index (χ0n) is 15.4. The Hall–Kier alpha value is -2.94. The van der Waals surface area contributed by atoms with Crippen LogP contribution in [0.4, 0.5) is 0 Å². The number of phenols is 3. The Morgan fingerprint density at radius 1 is 0.577 bits per heavy atom. The van der Waals surface area contributed by atoms with E-state index in [0.717, 1.165) is 38.9 Å². The molecule has 134 valence electrons. The number of para-hydroxylation sites is 1. The fourth-order valence-corrected chi connectivity index (χ4v) is 3.27. The molecule has 0 aromatic heterocycles. The van der Waals surface area contributed by atoms with E-state index in [-0.39, 0.29) is 11.5 Å². The minimum absolute atomic E-state index is 0.269. The molecule has 0 aliphatic carbocycles. The third-order valence-electron chi connectivity index (χ3n) is 5.13. The molecule has 0 aliphatic rings. The molecule has 3 rings (SSSR count). The first-order valence-corrected chi connectivity index (χ1v) is 8.73. The monoisotopic (exact) mass is 348 g/mol. The molecule has 0 saturated heterocycles. The summed E-state index contributed by atoms with van der Waals surface area (Å²) in [6.45, 7) is 5.66. The molecule has 0 fully saturated rings. The molecule has 0 heterocycles. The summed E-state index contributed by atoms with van der Waals surface area (Å²) in [6.07, 6.45) is 1.13. The quantitative estimate of drug-likeness (QED) is 0.628. The van der Waals surface area contributed by atoms with E-state index in [2.05, 4.69) is 0 Å². The summed E-state index contributed by atoms with van der Waals surface area (Å²) in [6, 6.07) is 15.1. The maximum absolute atomic E-state index is 10.7. The van der Waals surface area contributed by atoms with Gasteiger partial charge in [0.25, 0.3) is 0 Å². The molecule has 0 bridgehead atoms. The van der Waals surface area contributed by atoms with E-state index in [4.69, 9.17) is 0 Å². The van der Waals surface area contributed by atoms with Crippen molar-refractivity contribution in [3.63, 3.8) is 0 Å². The highest BCUT2D eigenvalue weighted by atomic mass is 16.3. The molecular weight excluding hydrogens is 324 g/mol. The Balaban J connectivity index is 1.91. The van der Waals surface area contributed by atoms with E-state index >= 15 is 0 Å². The van der Waals surface area contributed by atoms with Gasteiger partial charge in [-0.3, -0.25) is 0 Å². The van der Waals surface area contributed by atoms with Crippen LogP contribution in [0.2, 0.25) is 0 Å². The highest BCUT2D eigenvalue weighted by Gasteiger charge is 2.13. The molecule has 0 atom stereocenters. The van der Waals surface area contributed by atoms with Crippen molar-refractivity contribution in [2.75, 3.05) is 0 Å². The van der Waals surface area contributed by atoms with Gasteiger partial charge in [-0.05, 0) is 65.8 Å². The van der Waals surface area contributed by atoms with Gasteiger partial charge in [0.15, 0.2) is 0 Å². The van der Waals surface area contributed by atoms with Crippen molar-refractivity contribution in [2.45, 2.75) is 33.6 Å². The fourth-order valence-electron chi connectivity index (χ4n) is 3.27. The normalized spacial score (nSPS) is 10.9. The number of benzene rings is 3. The molecule has 0 spiro atoms. The van der Waals surface area contributed by atoms with Crippen molar-refractivity contribution >= 4 is 0 Å². The predicted octanol–water partition coefficient (Wildman–Crippen LogP) is 4.91. The first kappa shape index (κ1) is 17.9. The summed E-state index contributed by atoms with van der Waals surface area (Å²) in [4.78, 5) is 0. The van der Waals surface area contributed by atoms with Crippen LogP contribution >= 0.6 is 0 Å². The summed E-state index contributed by atoms with van der Waals surface area (Å²) < 4.78 is 0. The molecule has 3 aromatic rings. The van der Waals surface area contributed by atoms with E-state index in [1.54, 1.807) is 6.07 Å². The van der Waals surface area contributed by atoms with Gasteiger partial charge in [-0.1, -0.05) is 42.5 Å². The minimum atomic E-state index is 0.269. The van der Waals surface area contributed by atoms with Crippen molar-refractivity contribution in [1.29, 1.82) is 0 Å². The second-order valence-electron chi connectivity index (χ2n) is 6.85. The summed E-state index contributed by atoms with van der Waals surface area (Å²) in [5.74, 6) is 0.855. The molecule has 0 saturated carbocycles. The number of hydrogen-bond acceptors (Lipinski definition) is 3. The van der Waals surface area contributed by atoms with Crippen molar-refractivity contribution in [3.8, 4) is 17.2 Å². The van der Waals surface area contributed by atoms with Gasteiger partial charge in [-0.25, -0.2) is 0 Å². The Bertz CT molecular complexity index is 879. The molecule has 0 unspecified atom stereocenters. The molecule has 26 heavy (non-hydrogen) atoms. The SMILES string of the molecule is Cc1cccc(Cc2ccc(Cc3cccc(O)c3C)c(O)c2C)c1O. The van der Waals surface area contributed by atoms with Crippen LogP contribution in [0.15, 0.2) is 48.5 Å². The van der Waals surface area contributed by atoms with Crippen LogP contribution in [0, 0.1) is 20.8 Å².